The molecule has 2 rings (SSSR count). The van der Waals surface area contributed by atoms with E-state index in [4.69, 9.17) is 0 Å². The Bertz CT molecular complexity index is 872. The maximum atomic E-state index is 13.7. The number of anilines is 2. The van der Waals surface area contributed by atoms with Crippen LogP contribution >= 0.6 is 0 Å². The molecule has 5 nitrogen and oxygen atoms in total. The lowest BCUT2D eigenvalue weighted by Crippen LogP contribution is -2.38. The highest BCUT2D eigenvalue weighted by atomic mass is 19.2. The third-order valence-electron chi connectivity index (χ3n) is 4.03. The van der Waals surface area contributed by atoms with Crippen molar-refractivity contribution in [2.75, 3.05) is 37.4 Å². The van der Waals surface area contributed by atoms with Crippen LogP contribution in [0.15, 0.2) is 36.4 Å². The predicted octanol–water partition coefficient (Wildman–Crippen LogP) is 3.66. The van der Waals surface area contributed by atoms with E-state index in [1.807, 2.05) is 32.0 Å². The molecule has 0 aliphatic carbocycles. The first-order chi connectivity index (χ1) is 13.2. The van der Waals surface area contributed by atoms with E-state index in [9.17, 15) is 22.8 Å². The third-order valence-corrected chi connectivity index (χ3v) is 4.03. The Morgan fingerprint density at radius 3 is 2.39 bits per heavy atom. The van der Waals surface area contributed by atoms with Crippen LogP contribution in [0.4, 0.5) is 24.5 Å². The average molecular weight is 393 g/mol. The van der Waals surface area contributed by atoms with E-state index in [2.05, 4.69) is 5.32 Å². The van der Waals surface area contributed by atoms with Crippen LogP contribution in [0, 0.1) is 17.5 Å². The minimum atomic E-state index is -1.67. The van der Waals surface area contributed by atoms with Crippen molar-refractivity contribution in [2.45, 2.75) is 13.3 Å². The van der Waals surface area contributed by atoms with Gasteiger partial charge in [-0.3, -0.25) is 9.59 Å². The van der Waals surface area contributed by atoms with Gasteiger partial charge in [-0.15, -0.1) is 0 Å². The SMILES string of the molecule is CCCN(CC(=O)Nc1ccc(F)c(F)c1F)C(=O)c1cccc(N(C)C)c1. The molecule has 0 spiro atoms. The molecule has 2 aromatic rings. The quantitative estimate of drug-likeness (QED) is 0.731. The first-order valence-electron chi connectivity index (χ1n) is 8.74. The highest BCUT2D eigenvalue weighted by molar-refractivity contribution is 5.99. The number of carbonyl (C=O) groups is 2. The van der Waals surface area contributed by atoms with Crippen molar-refractivity contribution >= 4 is 23.2 Å². The molecule has 0 aliphatic rings. The highest BCUT2D eigenvalue weighted by Gasteiger charge is 2.21. The maximum Gasteiger partial charge on any atom is 0.254 e. The Hall–Kier alpha value is -3.03. The summed E-state index contributed by atoms with van der Waals surface area (Å²) in [6, 6.07) is 8.58. The fourth-order valence-electron chi connectivity index (χ4n) is 2.61. The van der Waals surface area contributed by atoms with Gasteiger partial charge in [0.2, 0.25) is 5.91 Å². The van der Waals surface area contributed by atoms with Gasteiger partial charge in [0.05, 0.1) is 5.69 Å². The number of hydrogen-bond acceptors (Lipinski definition) is 3. The number of nitrogens with zero attached hydrogens (tertiary/aromatic N) is 2. The van der Waals surface area contributed by atoms with E-state index in [1.54, 1.807) is 18.2 Å². The van der Waals surface area contributed by atoms with E-state index < -0.39 is 29.0 Å². The first-order valence-corrected chi connectivity index (χ1v) is 8.74. The van der Waals surface area contributed by atoms with Crippen LogP contribution in [0.2, 0.25) is 0 Å². The zero-order valence-corrected chi connectivity index (χ0v) is 15.9. The van der Waals surface area contributed by atoms with Crippen LogP contribution < -0.4 is 10.2 Å². The molecule has 2 aromatic carbocycles. The van der Waals surface area contributed by atoms with Crippen molar-refractivity contribution in [2.24, 2.45) is 0 Å². The second-order valence-corrected chi connectivity index (χ2v) is 6.44. The van der Waals surface area contributed by atoms with E-state index in [1.165, 1.54) is 4.90 Å². The molecule has 0 saturated carbocycles. The number of amides is 2. The van der Waals surface area contributed by atoms with Crippen molar-refractivity contribution < 1.29 is 22.8 Å². The number of carbonyl (C=O) groups excluding carboxylic acids is 2. The second-order valence-electron chi connectivity index (χ2n) is 6.44. The third kappa shape index (κ3) is 5.03. The average Bonchev–Trinajstić information content (AvgIpc) is 2.67. The zero-order valence-electron chi connectivity index (χ0n) is 15.9. The molecule has 0 atom stereocenters. The fraction of sp³-hybridized carbons (Fsp3) is 0.300. The summed E-state index contributed by atoms with van der Waals surface area (Å²) in [5.41, 5.74) is 0.754. The van der Waals surface area contributed by atoms with Crippen LogP contribution in [-0.2, 0) is 4.79 Å². The number of hydrogen-bond donors (Lipinski definition) is 1. The molecule has 2 amide bonds. The summed E-state index contributed by atoms with van der Waals surface area (Å²) in [7, 11) is 3.69. The molecule has 28 heavy (non-hydrogen) atoms. The largest absolute Gasteiger partial charge is 0.378 e. The van der Waals surface area contributed by atoms with Gasteiger partial charge in [0, 0.05) is 31.9 Å². The molecule has 0 heterocycles. The zero-order chi connectivity index (χ0) is 20.8. The Morgan fingerprint density at radius 1 is 1.04 bits per heavy atom. The van der Waals surface area contributed by atoms with Gasteiger partial charge in [-0.1, -0.05) is 13.0 Å². The number of benzene rings is 2. The van der Waals surface area contributed by atoms with E-state index >= 15 is 0 Å². The molecule has 0 radical (unpaired) electrons. The molecule has 0 aromatic heterocycles. The minimum Gasteiger partial charge on any atom is -0.378 e. The molecule has 0 bridgehead atoms. The Balaban J connectivity index is 2.16. The fourth-order valence-corrected chi connectivity index (χ4v) is 2.61. The topological polar surface area (TPSA) is 52.7 Å². The van der Waals surface area contributed by atoms with E-state index in [0.717, 1.165) is 17.8 Å². The molecule has 0 unspecified atom stereocenters. The molecule has 0 fully saturated rings. The van der Waals surface area contributed by atoms with Crippen LogP contribution in [0.3, 0.4) is 0 Å². The molecule has 0 aliphatic heterocycles. The maximum absolute atomic E-state index is 13.7. The van der Waals surface area contributed by atoms with Crippen molar-refractivity contribution in [3.8, 4) is 0 Å². The van der Waals surface area contributed by atoms with Gasteiger partial charge in [-0.25, -0.2) is 13.2 Å². The summed E-state index contributed by atoms with van der Waals surface area (Å²) in [4.78, 5) is 28.2. The molecular formula is C20H22F3N3O2. The summed E-state index contributed by atoms with van der Waals surface area (Å²) < 4.78 is 40.1. The summed E-state index contributed by atoms with van der Waals surface area (Å²) in [5, 5.41) is 2.18. The van der Waals surface area contributed by atoms with Crippen molar-refractivity contribution in [3.05, 3.63) is 59.4 Å². The van der Waals surface area contributed by atoms with Crippen molar-refractivity contribution in [3.63, 3.8) is 0 Å². The van der Waals surface area contributed by atoms with Crippen LogP contribution in [-0.4, -0.2) is 43.9 Å². The lowest BCUT2D eigenvalue weighted by Gasteiger charge is -2.22. The minimum absolute atomic E-state index is 0.304. The Morgan fingerprint density at radius 2 is 1.75 bits per heavy atom. The van der Waals surface area contributed by atoms with Gasteiger partial charge in [-0.2, -0.15) is 0 Å². The lowest BCUT2D eigenvalue weighted by atomic mass is 10.1. The summed E-state index contributed by atoms with van der Waals surface area (Å²) in [6.07, 6.45) is 0.603. The Labute approximate surface area is 161 Å². The number of nitrogens with one attached hydrogen (secondary N) is 1. The summed E-state index contributed by atoms with van der Waals surface area (Å²) in [6.45, 7) is 1.81. The van der Waals surface area contributed by atoms with Crippen LogP contribution in [0.1, 0.15) is 23.7 Å². The molecular weight excluding hydrogens is 371 g/mol. The van der Waals surface area contributed by atoms with Gasteiger partial charge in [-0.05, 0) is 36.8 Å². The monoisotopic (exact) mass is 393 g/mol. The van der Waals surface area contributed by atoms with Crippen LogP contribution in [0.25, 0.3) is 0 Å². The van der Waals surface area contributed by atoms with E-state index in [0.29, 0.717) is 18.5 Å². The first kappa shape index (κ1) is 21.3. The van der Waals surface area contributed by atoms with Gasteiger partial charge < -0.3 is 15.1 Å². The van der Waals surface area contributed by atoms with Gasteiger partial charge in [0.25, 0.3) is 5.91 Å². The van der Waals surface area contributed by atoms with Crippen molar-refractivity contribution in [1.29, 1.82) is 0 Å². The van der Waals surface area contributed by atoms with Crippen molar-refractivity contribution in [1.82, 2.24) is 4.90 Å². The molecule has 150 valence electrons. The Kier molecular flexibility index (Phi) is 7.03. The number of halogens is 3. The lowest BCUT2D eigenvalue weighted by molar-refractivity contribution is -0.116. The van der Waals surface area contributed by atoms with Gasteiger partial charge in [0.15, 0.2) is 17.5 Å². The smallest absolute Gasteiger partial charge is 0.254 e. The van der Waals surface area contributed by atoms with E-state index in [-0.39, 0.29) is 12.5 Å². The summed E-state index contributed by atoms with van der Waals surface area (Å²) in [5.74, 6) is -5.57. The molecule has 1 N–H and O–H groups in total. The van der Waals surface area contributed by atoms with Gasteiger partial charge in [0.1, 0.15) is 6.54 Å². The number of rotatable bonds is 7. The molecule has 0 saturated heterocycles. The standard InChI is InChI=1S/C20H22F3N3O2/c1-4-10-26(20(28)13-6-5-7-14(11-13)25(2)3)12-17(27)24-16-9-8-15(21)18(22)19(16)23/h5-9,11H,4,10,12H2,1-3H3,(H,24,27). The normalized spacial score (nSPS) is 10.5. The van der Waals surface area contributed by atoms with Crippen LogP contribution in [0.5, 0.6) is 0 Å². The molecule has 8 heteroatoms. The highest BCUT2D eigenvalue weighted by Crippen LogP contribution is 2.20. The predicted molar refractivity (Wildman–Crippen MR) is 102 cm³/mol. The second kappa shape index (κ2) is 9.25. The summed E-state index contributed by atoms with van der Waals surface area (Å²) >= 11 is 0. The van der Waals surface area contributed by atoms with Gasteiger partial charge >= 0.3 is 0 Å².